The van der Waals surface area contributed by atoms with Gasteiger partial charge in [-0.1, -0.05) is 13.8 Å². The predicted octanol–water partition coefficient (Wildman–Crippen LogP) is 2.29. The van der Waals surface area contributed by atoms with Crippen LogP contribution >= 0.6 is 0 Å². The Bertz CT molecular complexity index is 181. The van der Waals surface area contributed by atoms with Crippen molar-refractivity contribution in [2.75, 3.05) is 13.7 Å². The van der Waals surface area contributed by atoms with Crippen LogP contribution in [0.4, 0.5) is 0 Å². The second-order valence-electron chi connectivity index (χ2n) is 4.68. The van der Waals surface area contributed by atoms with E-state index >= 15 is 0 Å². The summed E-state index contributed by atoms with van der Waals surface area (Å²) in [7, 11) is 1.76. The van der Waals surface area contributed by atoms with E-state index in [1.807, 2.05) is 0 Å². The highest BCUT2D eigenvalue weighted by Crippen LogP contribution is 2.44. The molecular weight excluding hydrogens is 164 g/mol. The molecule has 1 aliphatic carbocycles. The molecule has 0 spiro atoms. The quantitative estimate of drug-likeness (QED) is 0.622. The van der Waals surface area contributed by atoms with Crippen molar-refractivity contribution in [3.8, 4) is 0 Å². The molecule has 0 aromatic carbocycles. The molecule has 13 heavy (non-hydrogen) atoms. The zero-order chi connectivity index (χ0) is 9.42. The Hall–Kier alpha value is -0.0800. The van der Waals surface area contributed by atoms with Gasteiger partial charge in [-0.3, -0.25) is 0 Å². The monoisotopic (exact) mass is 184 g/mol. The highest BCUT2D eigenvalue weighted by atomic mass is 16.7. The van der Waals surface area contributed by atoms with Crippen LogP contribution in [0.25, 0.3) is 0 Å². The van der Waals surface area contributed by atoms with Gasteiger partial charge >= 0.3 is 0 Å². The fraction of sp³-hybridized carbons (Fsp3) is 1.00. The third-order valence-electron chi connectivity index (χ3n) is 4.11. The lowest BCUT2D eigenvalue weighted by Crippen LogP contribution is -2.33. The van der Waals surface area contributed by atoms with Gasteiger partial charge in [0.1, 0.15) is 0 Å². The first-order valence-corrected chi connectivity index (χ1v) is 5.38. The van der Waals surface area contributed by atoms with E-state index in [9.17, 15) is 0 Å². The van der Waals surface area contributed by atoms with Crippen molar-refractivity contribution < 1.29 is 9.47 Å². The van der Waals surface area contributed by atoms with Crippen LogP contribution in [0.1, 0.15) is 26.7 Å². The number of hydrogen-bond acceptors (Lipinski definition) is 2. The third kappa shape index (κ3) is 1.50. The second-order valence-corrected chi connectivity index (χ2v) is 4.68. The van der Waals surface area contributed by atoms with Crippen molar-refractivity contribution >= 4 is 0 Å². The molecule has 2 nitrogen and oxygen atoms in total. The molecule has 0 aromatic rings. The Morgan fingerprint density at radius 3 is 2.62 bits per heavy atom. The molecule has 1 aliphatic heterocycles. The summed E-state index contributed by atoms with van der Waals surface area (Å²) >= 11 is 0. The van der Waals surface area contributed by atoms with Crippen molar-refractivity contribution in [3.05, 3.63) is 0 Å². The van der Waals surface area contributed by atoms with Gasteiger partial charge in [0, 0.05) is 13.0 Å². The van der Waals surface area contributed by atoms with Crippen LogP contribution in [0.5, 0.6) is 0 Å². The molecule has 2 heteroatoms. The van der Waals surface area contributed by atoms with Gasteiger partial charge in [0.25, 0.3) is 0 Å². The maximum absolute atomic E-state index is 5.65. The van der Waals surface area contributed by atoms with Crippen LogP contribution < -0.4 is 0 Å². The molecule has 5 atom stereocenters. The van der Waals surface area contributed by atoms with E-state index in [0.717, 1.165) is 24.4 Å². The molecule has 0 radical (unpaired) electrons. The van der Waals surface area contributed by atoms with Crippen LogP contribution in [0.15, 0.2) is 0 Å². The molecule has 0 N–H and O–H groups in total. The molecule has 0 amide bonds. The topological polar surface area (TPSA) is 18.5 Å². The Balaban J connectivity index is 2.06. The van der Waals surface area contributed by atoms with Gasteiger partial charge < -0.3 is 9.47 Å². The van der Waals surface area contributed by atoms with Gasteiger partial charge in [0.15, 0.2) is 6.29 Å². The number of rotatable bonds is 1. The molecule has 1 saturated carbocycles. The average Bonchev–Trinajstić information content (AvgIpc) is 2.55. The number of methoxy groups -OCH3 is 1. The van der Waals surface area contributed by atoms with Crippen molar-refractivity contribution in [1.82, 2.24) is 0 Å². The number of ether oxygens (including phenoxy) is 2. The first-order valence-electron chi connectivity index (χ1n) is 5.38. The normalized spacial score (nSPS) is 50.5. The fourth-order valence-electron chi connectivity index (χ4n) is 2.93. The van der Waals surface area contributed by atoms with E-state index in [1.165, 1.54) is 12.8 Å². The van der Waals surface area contributed by atoms with Crippen molar-refractivity contribution in [2.45, 2.75) is 33.0 Å². The van der Waals surface area contributed by atoms with E-state index in [0.29, 0.717) is 5.92 Å². The lowest BCUT2D eigenvalue weighted by Gasteiger charge is -2.36. The van der Waals surface area contributed by atoms with Gasteiger partial charge in [-0.05, 0) is 30.6 Å². The Morgan fingerprint density at radius 1 is 1.15 bits per heavy atom. The van der Waals surface area contributed by atoms with Gasteiger partial charge in [-0.25, -0.2) is 0 Å². The Labute approximate surface area is 80.6 Å². The van der Waals surface area contributed by atoms with Crippen LogP contribution in [-0.4, -0.2) is 20.0 Å². The van der Waals surface area contributed by atoms with E-state index in [2.05, 4.69) is 13.8 Å². The summed E-state index contributed by atoms with van der Waals surface area (Å²) in [5, 5.41) is 0. The highest BCUT2D eigenvalue weighted by Gasteiger charge is 2.44. The zero-order valence-corrected chi connectivity index (χ0v) is 8.82. The Kier molecular flexibility index (Phi) is 2.61. The molecule has 0 aromatic heterocycles. The van der Waals surface area contributed by atoms with E-state index < -0.39 is 0 Å². The summed E-state index contributed by atoms with van der Waals surface area (Å²) in [6.07, 6.45) is 2.71. The maximum atomic E-state index is 5.65. The first kappa shape index (κ1) is 9.47. The summed E-state index contributed by atoms with van der Waals surface area (Å²) in [6.45, 7) is 5.64. The van der Waals surface area contributed by atoms with Gasteiger partial charge in [0.05, 0.1) is 6.61 Å². The van der Waals surface area contributed by atoms with Crippen molar-refractivity contribution in [3.63, 3.8) is 0 Å². The van der Waals surface area contributed by atoms with Crippen LogP contribution in [0.3, 0.4) is 0 Å². The highest BCUT2D eigenvalue weighted by molar-refractivity contribution is 4.88. The number of hydrogen-bond donors (Lipinski definition) is 0. The lowest BCUT2D eigenvalue weighted by molar-refractivity contribution is -0.113. The maximum Gasteiger partial charge on any atom is 0.160 e. The molecule has 2 rings (SSSR count). The minimum absolute atomic E-state index is 0.0833. The third-order valence-corrected chi connectivity index (χ3v) is 4.11. The average molecular weight is 184 g/mol. The van der Waals surface area contributed by atoms with Gasteiger partial charge in [0.2, 0.25) is 0 Å². The summed E-state index contributed by atoms with van der Waals surface area (Å²) in [5.74, 6) is 3.07. The summed E-state index contributed by atoms with van der Waals surface area (Å²) in [4.78, 5) is 0. The zero-order valence-electron chi connectivity index (χ0n) is 8.82. The standard InChI is InChI=1S/C11H20O2/c1-7-4-5-9-10(8(7)2)6-13-11(9)12-3/h7-11H,4-6H2,1-3H3/t7?,8-,9?,10?,11-/m0/s1. The fourth-order valence-corrected chi connectivity index (χ4v) is 2.93. The van der Waals surface area contributed by atoms with Crippen molar-refractivity contribution in [1.29, 1.82) is 0 Å². The second kappa shape index (κ2) is 3.58. The summed E-state index contributed by atoms with van der Waals surface area (Å²) in [6, 6.07) is 0. The Morgan fingerprint density at radius 2 is 1.92 bits per heavy atom. The van der Waals surface area contributed by atoms with Gasteiger partial charge in [-0.2, -0.15) is 0 Å². The summed E-state index contributed by atoms with van der Waals surface area (Å²) in [5.41, 5.74) is 0. The molecule has 1 saturated heterocycles. The van der Waals surface area contributed by atoms with E-state index in [4.69, 9.17) is 9.47 Å². The number of fused-ring (bicyclic) bond motifs is 1. The van der Waals surface area contributed by atoms with Crippen LogP contribution in [0.2, 0.25) is 0 Å². The first-order chi connectivity index (χ1) is 6.24. The van der Waals surface area contributed by atoms with E-state index in [-0.39, 0.29) is 6.29 Å². The molecule has 2 aliphatic rings. The van der Waals surface area contributed by atoms with Crippen molar-refractivity contribution in [2.24, 2.45) is 23.7 Å². The molecule has 0 bridgehead atoms. The molecule has 1 heterocycles. The van der Waals surface area contributed by atoms with E-state index in [1.54, 1.807) is 7.11 Å². The molecule has 2 fully saturated rings. The molecule has 3 unspecified atom stereocenters. The van der Waals surface area contributed by atoms with Crippen LogP contribution in [0, 0.1) is 23.7 Å². The molecular formula is C11H20O2. The van der Waals surface area contributed by atoms with Crippen LogP contribution in [-0.2, 0) is 9.47 Å². The SMILES string of the molecule is CO[C@H]1OCC2C1CCC(C)[C@@H]2C. The smallest absolute Gasteiger partial charge is 0.160 e. The predicted molar refractivity (Wildman–Crippen MR) is 51.3 cm³/mol. The minimum atomic E-state index is 0.0833. The lowest BCUT2D eigenvalue weighted by atomic mass is 9.69. The summed E-state index contributed by atoms with van der Waals surface area (Å²) < 4.78 is 11.0. The largest absolute Gasteiger partial charge is 0.356 e. The molecule has 76 valence electrons. The minimum Gasteiger partial charge on any atom is -0.356 e. The van der Waals surface area contributed by atoms with Gasteiger partial charge in [-0.15, -0.1) is 0 Å².